The number of nitrogens with one attached hydrogen (secondary N) is 1. The Balaban J connectivity index is 1.65. The molecule has 4 rings (SSSR count). The first kappa shape index (κ1) is 31.8. The summed E-state index contributed by atoms with van der Waals surface area (Å²) in [6.07, 6.45) is 6.88. The predicted molar refractivity (Wildman–Crippen MR) is 164 cm³/mol. The Morgan fingerprint density at radius 2 is 1.60 bits per heavy atom. The third kappa shape index (κ3) is 7.65. The summed E-state index contributed by atoms with van der Waals surface area (Å²) in [5, 5.41) is 4.64. The maximum atomic E-state index is 14.3. The first-order chi connectivity index (χ1) is 20.5. The Hall–Kier alpha value is -4.11. The molecule has 3 N–H and O–H groups in total. The minimum atomic E-state index is -1.03. The second-order valence-electron chi connectivity index (χ2n) is 11.4. The molecule has 1 aliphatic carbocycles. The van der Waals surface area contributed by atoms with Gasteiger partial charge in [-0.15, -0.1) is 0 Å². The number of carbonyl (C=O) groups is 3. The van der Waals surface area contributed by atoms with E-state index >= 15 is 0 Å². The fourth-order valence-corrected chi connectivity index (χ4v) is 5.60. The number of likely N-dealkylation sites (N-methyl/N-ethyl adjacent to an activating group) is 3. The van der Waals surface area contributed by atoms with Crippen molar-refractivity contribution in [1.82, 2.24) is 15.1 Å². The van der Waals surface area contributed by atoms with E-state index in [-0.39, 0.29) is 30.8 Å². The molecule has 0 aliphatic heterocycles. The molecule has 0 heterocycles. The number of carbonyl (C=O) groups excluding carboxylic acids is 3. The summed E-state index contributed by atoms with van der Waals surface area (Å²) >= 11 is 0. The molecule has 7 nitrogen and oxygen atoms in total. The largest absolute Gasteiger partial charge is 0.357 e. The van der Waals surface area contributed by atoms with E-state index in [9.17, 15) is 23.2 Å². The van der Waals surface area contributed by atoms with Crippen molar-refractivity contribution in [3.8, 4) is 0 Å². The first-order valence-electron chi connectivity index (χ1n) is 14.7. The van der Waals surface area contributed by atoms with Gasteiger partial charge >= 0.3 is 0 Å². The lowest BCUT2D eigenvalue weighted by Crippen LogP contribution is -2.57. The summed E-state index contributed by atoms with van der Waals surface area (Å²) in [6.45, 7) is 1.90. The average Bonchev–Trinajstić information content (AvgIpc) is 2.99. The highest BCUT2D eigenvalue weighted by molar-refractivity contribution is 5.95. The standard InChI is InChI=1S/C34H40F2N4O3/c1-4-40(29(32(42)38-2)21-24-13-15-27(35)28(36)20-24)33(43)30(22-23-12-14-25-9-5-6-10-26(25)19-23)39(3)31(41)11-7-16-34(37)17-8-18-34/h5-7,9-15,19-20,29-30H,4,8,16-18,21-22,37H2,1-3H3,(H,38,42)/b11-7+/t29-,30-/m1/s1. The molecule has 1 saturated carbocycles. The zero-order valence-electron chi connectivity index (χ0n) is 25.0. The molecule has 9 heteroatoms. The highest BCUT2D eigenvalue weighted by atomic mass is 19.2. The van der Waals surface area contributed by atoms with Gasteiger partial charge in [0.1, 0.15) is 12.1 Å². The SMILES string of the molecule is CCN(C(=O)[C@@H](Cc1ccc2ccccc2c1)N(C)C(=O)/C=C/CC1(N)CCC1)[C@H](Cc1ccc(F)c(F)c1)C(=O)NC. The van der Waals surface area contributed by atoms with Gasteiger partial charge in [0.15, 0.2) is 11.6 Å². The normalized spacial score (nSPS) is 15.5. The zero-order chi connectivity index (χ0) is 31.1. The molecule has 228 valence electrons. The fraction of sp³-hybridized carbons (Fsp3) is 0.382. The van der Waals surface area contributed by atoms with Crippen LogP contribution in [-0.2, 0) is 27.2 Å². The Bertz CT molecular complexity index is 1500. The maximum absolute atomic E-state index is 14.3. The summed E-state index contributed by atoms with van der Waals surface area (Å²) in [7, 11) is 3.04. The van der Waals surface area contributed by atoms with E-state index in [0.717, 1.165) is 47.7 Å². The third-order valence-corrected chi connectivity index (χ3v) is 8.44. The second kappa shape index (κ2) is 13.9. The molecule has 0 spiro atoms. The highest BCUT2D eigenvalue weighted by Crippen LogP contribution is 2.32. The van der Waals surface area contributed by atoms with Crippen LogP contribution in [0.1, 0.15) is 43.7 Å². The van der Waals surface area contributed by atoms with Crippen LogP contribution in [-0.4, -0.2) is 65.8 Å². The third-order valence-electron chi connectivity index (χ3n) is 8.44. The molecule has 0 unspecified atom stereocenters. The number of hydrogen-bond acceptors (Lipinski definition) is 4. The van der Waals surface area contributed by atoms with Crippen molar-refractivity contribution in [2.75, 3.05) is 20.6 Å². The second-order valence-corrected chi connectivity index (χ2v) is 11.4. The van der Waals surface area contributed by atoms with Crippen LogP contribution in [0.15, 0.2) is 72.8 Å². The van der Waals surface area contributed by atoms with Crippen LogP contribution in [0.2, 0.25) is 0 Å². The maximum Gasteiger partial charge on any atom is 0.246 e. The molecule has 2 atom stereocenters. The van der Waals surface area contributed by atoms with Gasteiger partial charge in [-0.3, -0.25) is 14.4 Å². The molecular weight excluding hydrogens is 550 g/mol. The van der Waals surface area contributed by atoms with Crippen molar-refractivity contribution in [1.29, 1.82) is 0 Å². The van der Waals surface area contributed by atoms with Crippen LogP contribution in [0.25, 0.3) is 10.8 Å². The van der Waals surface area contributed by atoms with Crippen molar-refractivity contribution in [3.05, 3.63) is 95.6 Å². The van der Waals surface area contributed by atoms with Crippen molar-refractivity contribution < 1.29 is 23.2 Å². The quantitative estimate of drug-likeness (QED) is 0.303. The van der Waals surface area contributed by atoms with Gasteiger partial charge in [0.05, 0.1) is 0 Å². The average molecular weight is 591 g/mol. The van der Waals surface area contributed by atoms with Gasteiger partial charge in [-0.2, -0.15) is 0 Å². The van der Waals surface area contributed by atoms with Crippen LogP contribution in [0.4, 0.5) is 8.78 Å². The molecule has 3 aromatic carbocycles. The van der Waals surface area contributed by atoms with E-state index in [0.29, 0.717) is 12.0 Å². The molecule has 43 heavy (non-hydrogen) atoms. The summed E-state index contributed by atoms with van der Waals surface area (Å²) in [6, 6.07) is 15.2. The predicted octanol–water partition coefficient (Wildman–Crippen LogP) is 4.52. The molecule has 3 aromatic rings. The van der Waals surface area contributed by atoms with Gasteiger partial charge < -0.3 is 20.9 Å². The van der Waals surface area contributed by atoms with Gasteiger partial charge in [-0.05, 0) is 72.7 Å². The van der Waals surface area contributed by atoms with Gasteiger partial charge in [0, 0.05) is 39.0 Å². The number of rotatable bonds is 12. The molecule has 1 aliphatic rings. The minimum Gasteiger partial charge on any atom is -0.357 e. The van der Waals surface area contributed by atoms with Crippen molar-refractivity contribution in [2.24, 2.45) is 5.73 Å². The van der Waals surface area contributed by atoms with E-state index in [1.54, 1.807) is 20.0 Å². The lowest BCUT2D eigenvalue weighted by Gasteiger charge is -2.37. The van der Waals surface area contributed by atoms with E-state index in [1.165, 1.54) is 29.0 Å². The monoisotopic (exact) mass is 590 g/mol. The summed E-state index contributed by atoms with van der Waals surface area (Å²) < 4.78 is 27.6. The van der Waals surface area contributed by atoms with Crippen LogP contribution >= 0.6 is 0 Å². The Labute approximate surface area is 251 Å². The van der Waals surface area contributed by atoms with Crippen molar-refractivity contribution in [2.45, 2.75) is 63.1 Å². The molecular formula is C34H40F2N4O3. The lowest BCUT2D eigenvalue weighted by molar-refractivity contribution is -0.147. The lowest BCUT2D eigenvalue weighted by atomic mass is 9.75. The molecule has 0 aromatic heterocycles. The van der Waals surface area contributed by atoms with Crippen LogP contribution in [0.5, 0.6) is 0 Å². The van der Waals surface area contributed by atoms with Gasteiger partial charge in [0.25, 0.3) is 0 Å². The van der Waals surface area contributed by atoms with E-state index < -0.39 is 35.5 Å². The first-order valence-corrected chi connectivity index (χ1v) is 14.7. The smallest absolute Gasteiger partial charge is 0.246 e. The Kier molecular flexibility index (Phi) is 10.3. The topological polar surface area (TPSA) is 95.7 Å². The molecule has 0 bridgehead atoms. The molecule has 0 saturated heterocycles. The number of amides is 3. The van der Waals surface area contributed by atoms with E-state index in [2.05, 4.69) is 5.32 Å². The molecule has 1 fully saturated rings. The number of halogens is 2. The summed E-state index contributed by atoms with van der Waals surface area (Å²) in [5.41, 5.74) is 7.25. The zero-order valence-corrected chi connectivity index (χ0v) is 25.0. The molecule has 3 amide bonds. The summed E-state index contributed by atoms with van der Waals surface area (Å²) in [5.74, 6) is -3.26. The number of hydrogen-bond donors (Lipinski definition) is 2. The fourth-order valence-electron chi connectivity index (χ4n) is 5.60. The van der Waals surface area contributed by atoms with Crippen LogP contribution < -0.4 is 11.1 Å². The number of nitrogens with zero attached hydrogens (tertiary/aromatic N) is 2. The summed E-state index contributed by atoms with van der Waals surface area (Å²) in [4.78, 5) is 43.6. The number of nitrogens with two attached hydrogens (primary N) is 1. The number of benzene rings is 3. The van der Waals surface area contributed by atoms with Gasteiger partial charge in [0.2, 0.25) is 17.7 Å². The Morgan fingerprint density at radius 1 is 0.953 bits per heavy atom. The Morgan fingerprint density at radius 3 is 2.23 bits per heavy atom. The van der Waals surface area contributed by atoms with Crippen molar-refractivity contribution in [3.63, 3.8) is 0 Å². The van der Waals surface area contributed by atoms with Gasteiger partial charge in [-0.25, -0.2) is 8.78 Å². The minimum absolute atomic E-state index is 0.0324. The molecule has 0 radical (unpaired) electrons. The number of fused-ring (bicyclic) bond motifs is 1. The van der Waals surface area contributed by atoms with E-state index in [1.807, 2.05) is 42.5 Å². The van der Waals surface area contributed by atoms with Crippen molar-refractivity contribution >= 4 is 28.5 Å². The van der Waals surface area contributed by atoms with Crippen LogP contribution in [0.3, 0.4) is 0 Å². The van der Waals surface area contributed by atoms with E-state index in [4.69, 9.17) is 5.73 Å². The van der Waals surface area contributed by atoms with Gasteiger partial charge in [-0.1, -0.05) is 54.6 Å². The van der Waals surface area contributed by atoms with Crippen LogP contribution in [0, 0.1) is 11.6 Å². The highest BCUT2D eigenvalue weighted by Gasteiger charge is 2.36.